The fraction of sp³-hybridized carbons (Fsp3) is 0.0909. The zero-order valence-electron chi connectivity index (χ0n) is 41.8. The van der Waals surface area contributed by atoms with Crippen molar-refractivity contribution in [3.8, 4) is 51.2 Å². The van der Waals surface area contributed by atoms with Crippen molar-refractivity contribution in [2.24, 2.45) is 0 Å². The predicted octanol–water partition coefficient (Wildman–Crippen LogP) is 16.1. The third kappa shape index (κ3) is 6.68. The predicted molar refractivity (Wildman–Crippen MR) is 304 cm³/mol. The Labute approximate surface area is 426 Å². The summed E-state index contributed by atoms with van der Waals surface area (Å²) in [5, 5.41) is 7.40. The molecule has 0 aliphatic heterocycles. The van der Waals surface area contributed by atoms with Gasteiger partial charge in [0.05, 0.1) is 55.5 Å². The minimum Gasteiger partial charge on any atom is -0.420 e. The SMILES string of the molecule is Cc1ccc2c(c1)c1cc(C)ccc1n2-c1cc(-n2c3ccc(C)cc3c3cc(C)ccc32)c2oc(=O)cc(-c3nc(-c4ccccc4)nc(-c4ccccc4)n3)c2c1-n1c2ccc(C)cc2c2cc(C)ccc21. The maximum Gasteiger partial charge on any atom is 0.337 e. The van der Waals surface area contributed by atoms with Gasteiger partial charge in [0.1, 0.15) is 0 Å². The average Bonchev–Trinajstić information content (AvgIpc) is 4.07. The zero-order valence-corrected chi connectivity index (χ0v) is 41.8. The molecule has 0 saturated carbocycles. The van der Waals surface area contributed by atoms with Gasteiger partial charge in [-0.15, -0.1) is 0 Å². The summed E-state index contributed by atoms with van der Waals surface area (Å²) in [6, 6.07) is 63.8. The minimum atomic E-state index is -0.529. The van der Waals surface area contributed by atoms with Crippen LogP contribution >= 0.6 is 0 Å². The number of rotatable bonds is 6. The van der Waals surface area contributed by atoms with E-state index in [2.05, 4.69) is 171 Å². The highest BCUT2D eigenvalue weighted by molar-refractivity contribution is 6.17. The summed E-state index contributed by atoms with van der Waals surface area (Å²) in [6.07, 6.45) is 0. The monoisotopic (exact) mass is 956 g/mol. The van der Waals surface area contributed by atoms with E-state index >= 15 is 0 Å². The van der Waals surface area contributed by atoms with Crippen LogP contribution in [-0.4, -0.2) is 28.7 Å². The fourth-order valence-corrected chi connectivity index (χ4v) is 11.5. The van der Waals surface area contributed by atoms with Crippen LogP contribution in [0.25, 0.3) is 128 Å². The fourth-order valence-electron chi connectivity index (χ4n) is 11.5. The molecule has 0 atom stereocenters. The molecule has 14 rings (SSSR count). The van der Waals surface area contributed by atoms with Gasteiger partial charge in [-0.05, 0) is 120 Å². The van der Waals surface area contributed by atoms with Crippen LogP contribution in [0.1, 0.15) is 33.4 Å². The third-order valence-corrected chi connectivity index (χ3v) is 14.8. The second kappa shape index (κ2) is 16.3. The number of aromatic nitrogens is 6. The summed E-state index contributed by atoms with van der Waals surface area (Å²) >= 11 is 0. The van der Waals surface area contributed by atoms with Crippen LogP contribution in [0.4, 0.5) is 0 Å². The molecule has 0 fully saturated rings. The van der Waals surface area contributed by atoms with E-state index in [1.807, 2.05) is 60.7 Å². The van der Waals surface area contributed by atoms with Crippen molar-refractivity contribution in [3.05, 3.63) is 226 Å². The standard InChI is InChI=1S/C66H48N6O2/c1-37-17-23-52-45(29-37)46-30-38(2)18-24-53(46)70(52)58-36-59(71-54-25-19-39(3)31-47(54)48-32-40(4)20-26-55(48)71)63-61(62(58)72-56-27-21-41(5)33-49(56)50-34-42(6)22-28-57(50)72)51(35-60(73)74-63)66-68-64(43-13-9-7-10-14-43)67-65(69-66)44-15-11-8-12-16-44/h7-36H,1-6H3. The lowest BCUT2D eigenvalue weighted by Gasteiger charge is -2.23. The number of fused-ring (bicyclic) bond motifs is 10. The molecule has 0 bridgehead atoms. The van der Waals surface area contributed by atoms with Crippen LogP contribution < -0.4 is 5.63 Å². The maximum atomic E-state index is 14.9. The van der Waals surface area contributed by atoms with E-state index in [-0.39, 0.29) is 0 Å². The largest absolute Gasteiger partial charge is 0.420 e. The van der Waals surface area contributed by atoms with Gasteiger partial charge in [0, 0.05) is 55.1 Å². The van der Waals surface area contributed by atoms with Crippen molar-refractivity contribution in [2.45, 2.75) is 41.5 Å². The number of aryl methyl sites for hydroxylation is 6. The topological polar surface area (TPSA) is 83.7 Å². The van der Waals surface area contributed by atoms with Crippen molar-refractivity contribution >= 4 is 76.4 Å². The van der Waals surface area contributed by atoms with E-state index in [0.717, 1.165) is 110 Å². The van der Waals surface area contributed by atoms with Crippen molar-refractivity contribution in [3.63, 3.8) is 0 Å². The van der Waals surface area contributed by atoms with Crippen molar-refractivity contribution < 1.29 is 4.42 Å². The number of nitrogens with zero attached hydrogens (tertiary/aromatic N) is 6. The molecule has 0 radical (unpaired) electrons. The van der Waals surface area contributed by atoms with E-state index in [1.165, 1.54) is 11.1 Å². The second-order valence-electron chi connectivity index (χ2n) is 20.1. The summed E-state index contributed by atoms with van der Waals surface area (Å²) < 4.78 is 13.9. The summed E-state index contributed by atoms with van der Waals surface area (Å²) in [6.45, 7) is 12.9. The molecule has 0 unspecified atom stereocenters. The van der Waals surface area contributed by atoms with Gasteiger partial charge in [0.25, 0.3) is 0 Å². The van der Waals surface area contributed by atoms with Gasteiger partial charge >= 0.3 is 5.63 Å². The van der Waals surface area contributed by atoms with Crippen LogP contribution in [0.3, 0.4) is 0 Å². The lowest BCUT2D eigenvalue weighted by Crippen LogP contribution is -2.11. The van der Waals surface area contributed by atoms with Crippen LogP contribution in [0.15, 0.2) is 191 Å². The van der Waals surface area contributed by atoms with E-state index in [1.54, 1.807) is 6.07 Å². The van der Waals surface area contributed by atoms with Crippen molar-refractivity contribution in [1.29, 1.82) is 0 Å². The molecule has 5 heterocycles. The summed E-state index contributed by atoms with van der Waals surface area (Å²) in [4.78, 5) is 30.7. The Balaban J connectivity index is 1.27. The van der Waals surface area contributed by atoms with Gasteiger partial charge in [-0.2, -0.15) is 0 Å². The first-order valence-electron chi connectivity index (χ1n) is 25.1. The van der Waals surface area contributed by atoms with Gasteiger partial charge in [-0.1, -0.05) is 130 Å². The molecule has 14 aromatic rings. The van der Waals surface area contributed by atoms with E-state index in [0.29, 0.717) is 39.7 Å². The highest BCUT2D eigenvalue weighted by Gasteiger charge is 2.30. The maximum absolute atomic E-state index is 14.9. The van der Waals surface area contributed by atoms with Gasteiger partial charge in [0.15, 0.2) is 23.1 Å². The Morgan fingerprint density at radius 1 is 0.351 bits per heavy atom. The number of benzene rings is 9. The smallest absolute Gasteiger partial charge is 0.337 e. The van der Waals surface area contributed by atoms with E-state index in [9.17, 15) is 4.79 Å². The minimum absolute atomic E-state index is 0.342. The van der Waals surface area contributed by atoms with Crippen LogP contribution in [-0.2, 0) is 0 Å². The Hall–Kier alpha value is -9.40. The lowest BCUT2D eigenvalue weighted by atomic mass is 10.0. The van der Waals surface area contributed by atoms with Crippen molar-refractivity contribution in [1.82, 2.24) is 28.7 Å². The lowest BCUT2D eigenvalue weighted by molar-refractivity contribution is 0.559. The molecular formula is C66H48N6O2. The van der Waals surface area contributed by atoms with Crippen molar-refractivity contribution in [2.75, 3.05) is 0 Å². The molecule has 0 spiro atoms. The molecule has 0 N–H and O–H groups in total. The Morgan fingerprint density at radius 3 is 1.07 bits per heavy atom. The molecule has 9 aromatic carbocycles. The van der Waals surface area contributed by atoms with Gasteiger partial charge in [0.2, 0.25) is 0 Å². The molecular weight excluding hydrogens is 909 g/mol. The van der Waals surface area contributed by atoms with E-state index in [4.69, 9.17) is 19.4 Å². The van der Waals surface area contributed by atoms with Crippen LogP contribution in [0, 0.1) is 41.5 Å². The molecule has 8 heteroatoms. The Kier molecular flexibility index (Phi) is 9.57. The van der Waals surface area contributed by atoms with E-state index < -0.39 is 5.63 Å². The highest BCUT2D eigenvalue weighted by Crippen LogP contribution is 2.47. The number of hydrogen-bond acceptors (Lipinski definition) is 5. The molecule has 74 heavy (non-hydrogen) atoms. The Bertz CT molecular complexity index is 4510. The summed E-state index contributed by atoms with van der Waals surface area (Å²) in [7, 11) is 0. The average molecular weight is 957 g/mol. The summed E-state index contributed by atoms with van der Waals surface area (Å²) in [5.74, 6) is 1.31. The first-order chi connectivity index (χ1) is 36.0. The molecule has 0 aliphatic rings. The molecule has 354 valence electrons. The molecule has 0 aliphatic carbocycles. The number of hydrogen-bond donors (Lipinski definition) is 0. The van der Waals surface area contributed by atoms with Crippen LogP contribution in [0.5, 0.6) is 0 Å². The van der Waals surface area contributed by atoms with Gasteiger partial charge in [-0.3, -0.25) is 0 Å². The highest BCUT2D eigenvalue weighted by atomic mass is 16.4. The molecule has 8 nitrogen and oxygen atoms in total. The molecule has 5 aromatic heterocycles. The first kappa shape index (κ1) is 43.4. The van der Waals surface area contributed by atoms with Crippen LogP contribution in [0.2, 0.25) is 0 Å². The second-order valence-corrected chi connectivity index (χ2v) is 20.1. The quantitative estimate of drug-likeness (QED) is 0.155. The molecule has 0 amide bonds. The zero-order chi connectivity index (χ0) is 50.1. The molecule has 0 saturated heterocycles. The Morgan fingerprint density at radius 2 is 0.689 bits per heavy atom. The third-order valence-electron chi connectivity index (χ3n) is 14.8. The van der Waals surface area contributed by atoms with Gasteiger partial charge < -0.3 is 18.1 Å². The summed E-state index contributed by atoms with van der Waals surface area (Å²) in [5.41, 5.74) is 17.4. The normalized spacial score (nSPS) is 12.0. The van der Waals surface area contributed by atoms with Gasteiger partial charge in [-0.25, -0.2) is 19.7 Å². The first-order valence-corrected chi connectivity index (χ1v) is 25.1.